The number of ether oxygens (including phenoxy) is 2. The minimum Gasteiger partial charge on any atom is -0.454 e. The molecule has 0 atom stereocenters. The molecule has 5 rings (SSSR count). The molecule has 2 fully saturated rings. The molecule has 0 radical (unpaired) electrons. The third-order valence-electron chi connectivity index (χ3n) is 7.13. The number of pyridine rings is 1. The van der Waals surface area contributed by atoms with Crippen LogP contribution in [-0.2, 0) is 17.9 Å². The Morgan fingerprint density at radius 1 is 1.13 bits per heavy atom. The number of thiocarbonyl (C=S) groups is 1. The number of aromatic nitrogens is 1. The Kier molecular flexibility index (Phi) is 7.77. The molecule has 0 unspecified atom stereocenters. The zero-order chi connectivity index (χ0) is 26.8. The number of rotatable bonds is 6. The van der Waals surface area contributed by atoms with Crippen molar-refractivity contribution in [3.63, 3.8) is 0 Å². The van der Waals surface area contributed by atoms with Gasteiger partial charge in [-0.05, 0) is 55.5 Å². The number of nitriles is 1. The maximum Gasteiger partial charge on any atom is 0.270 e. The highest BCUT2D eigenvalue weighted by atomic mass is 32.2. The lowest BCUT2D eigenvalue weighted by Crippen LogP contribution is -2.35. The normalized spacial score (nSPS) is 18.3. The highest BCUT2D eigenvalue weighted by Crippen LogP contribution is 2.38. The largest absolute Gasteiger partial charge is 0.454 e. The van der Waals surface area contributed by atoms with Crippen LogP contribution in [0.2, 0.25) is 0 Å². The molecule has 0 bridgehead atoms. The van der Waals surface area contributed by atoms with Crippen molar-refractivity contribution in [1.82, 2.24) is 9.47 Å². The van der Waals surface area contributed by atoms with Gasteiger partial charge in [0.25, 0.3) is 11.5 Å². The molecule has 2 aromatic rings. The lowest BCUT2D eigenvalue weighted by Gasteiger charge is -2.29. The summed E-state index contributed by atoms with van der Waals surface area (Å²) in [7, 11) is 0. The first kappa shape index (κ1) is 26.3. The maximum absolute atomic E-state index is 13.6. The van der Waals surface area contributed by atoms with E-state index < -0.39 is 0 Å². The second-order valence-corrected chi connectivity index (χ2v) is 11.3. The summed E-state index contributed by atoms with van der Waals surface area (Å²) < 4.78 is 13.1. The smallest absolute Gasteiger partial charge is 0.270 e. The Balaban J connectivity index is 1.55. The molecule has 0 aliphatic carbocycles. The molecule has 1 aromatic carbocycles. The summed E-state index contributed by atoms with van der Waals surface area (Å²) in [5.41, 5.74) is 2.10. The molecule has 0 saturated carbocycles. The van der Waals surface area contributed by atoms with Crippen molar-refractivity contribution in [2.45, 2.75) is 59.0 Å². The van der Waals surface area contributed by atoms with Crippen LogP contribution in [0, 0.1) is 18.3 Å². The van der Waals surface area contributed by atoms with E-state index in [4.69, 9.17) is 21.7 Å². The number of amides is 1. The average Bonchev–Trinajstić information content (AvgIpc) is 3.35. The lowest BCUT2D eigenvalue weighted by molar-refractivity contribution is -0.122. The first-order valence-corrected chi connectivity index (χ1v) is 14.2. The van der Waals surface area contributed by atoms with Crippen molar-refractivity contribution < 1.29 is 14.3 Å². The van der Waals surface area contributed by atoms with Gasteiger partial charge in [0, 0.05) is 25.2 Å². The van der Waals surface area contributed by atoms with Gasteiger partial charge in [-0.2, -0.15) is 5.26 Å². The number of nitrogens with zero attached hydrogens (tertiary/aromatic N) is 4. The molecule has 198 valence electrons. The first-order valence-electron chi connectivity index (χ1n) is 13.0. The molecule has 0 spiro atoms. The van der Waals surface area contributed by atoms with Crippen LogP contribution in [0.3, 0.4) is 0 Å². The fourth-order valence-corrected chi connectivity index (χ4v) is 6.42. The summed E-state index contributed by atoms with van der Waals surface area (Å²) in [4.78, 5) is 31.3. The minimum absolute atomic E-state index is 0.124. The van der Waals surface area contributed by atoms with E-state index in [0.717, 1.165) is 62.1 Å². The van der Waals surface area contributed by atoms with Crippen LogP contribution < -0.4 is 19.9 Å². The van der Waals surface area contributed by atoms with Crippen molar-refractivity contribution in [3.8, 4) is 17.6 Å². The fourth-order valence-electron chi connectivity index (χ4n) is 5.19. The Hall–Kier alpha value is -3.29. The number of thioether (sulfide) groups is 1. The van der Waals surface area contributed by atoms with Crippen molar-refractivity contribution >= 4 is 46.1 Å². The van der Waals surface area contributed by atoms with Gasteiger partial charge in [-0.15, -0.1) is 0 Å². The Labute approximate surface area is 231 Å². The molecule has 0 N–H and O–H groups in total. The summed E-state index contributed by atoms with van der Waals surface area (Å²) >= 11 is 6.86. The molecule has 1 aromatic heterocycles. The van der Waals surface area contributed by atoms with Crippen LogP contribution in [0.1, 0.15) is 61.3 Å². The van der Waals surface area contributed by atoms with Crippen LogP contribution in [0.25, 0.3) is 6.08 Å². The van der Waals surface area contributed by atoms with Crippen molar-refractivity contribution in [2.75, 3.05) is 24.8 Å². The predicted molar refractivity (Wildman–Crippen MR) is 152 cm³/mol. The number of hydrogen-bond acceptors (Lipinski definition) is 8. The molecular weight excluding hydrogens is 520 g/mol. The van der Waals surface area contributed by atoms with Crippen LogP contribution in [0.5, 0.6) is 11.5 Å². The molecule has 4 heterocycles. The quantitative estimate of drug-likeness (QED) is 0.369. The molecule has 8 nitrogen and oxygen atoms in total. The Morgan fingerprint density at radius 2 is 1.87 bits per heavy atom. The van der Waals surface area contributed by atoms with Crippen LogP contribution in [0.15, 0.2) is 27.9 Å². The van der Waals surface area contributed by atoms with Crippen LogP contribution in [0.4, 0.5) is 5.82 Å². The fraction of sp³-hybridized carbons (Fsp3) is 0.429. The van der Waals surface area contributed by atoms with Crippen molar-refractivity contribution in [1.29, 1.82) is 5.26 Å². The van der Waals surface area contributed by atoms with Crippen LogP contribution >= 0.6 is 24.0 Å². The minimum atomic E-state index is -0.265. The Morgan fingerprint density at radius 3 is 2.58 bits per heavy atom. The summed E-state index contributed by atoms with van der Waals surface area (Å²) in [6, 6.07) is 7.72. The van der Waals surface area contributed by atoms with Gasteiger partial charge < -0.3 is 14.4 Å². The summed E-state index contributed by atoms with van der Waals surface area (Å²) in [6.07, 6.45) is 6.97. The van der Waals surface area contributed by atoms with E-state index in [1.165, 1.54) is 11.8 Å². The molecule has 2 saturated heterocycles. The van der Waals surface area contributed by atoms with E-state index in [0.29, 0.717) is 39.4 Å². The monoisotopic (exact) mass is 550 g/mol. The molecule has 1 amide bonds. The highest BCUT2D eigenvalue weighted by Gasteiger charge is 2.34. The zero-order valence-electron chi connectivity index (χ0n) is 21.6. The van der Waals surface area contributed by atoms with Crippen LogP contribution in [-0.4, -0.2) is 39.6 Å². The van der Waals surface area contributed by atoms with Gasteiger partial charge in [0.1, 0.15) is 21.8 Å². The molecule has 3 aliphatic rings. The average molecular weight is 551 g/mol. The Bertz CT molecular complexity index is 1420. The third-order valence-corrected chi connectivity index (χ3v) is 8.50. The number of anilines is 1. The molecule has 38 heavy (non-hydrogen) atoms. The SMILES string of the molecule is CCCn1c(N2CCCCCC2)c(/C=C2\SC(=S)N(Cc3ccc4c(c3)OCO4)C2=O)c(C)c(C#N)c1=O. The van der Waals surface area contributed by atoms with Gasteiger partial charge >= 0.3 is 0 Å². The van der Waals surface area contributed by atoms with Crippen molar-refractivity contribution in [2.24, 2.45) is 0 Å². The van der Waals surface area contributed by atoms with E-state index in [-0.39, 0.29) is 23.8 Å². The maximum atomic E-state index is 13.6. The predicted octanol–water partition coefficient (Wildman–Crippen LogP) is 4.95. The number of fused-ring (bicyclic) bond motifs is 1. The van der Waals surface area contributed by atoms with Gasteiger partial charge in [-0.25, -0.2) is 0 Å². The third kappa shape index (κ3) is 4.93. The number of hydrogen-bond donors (Lipinski definition) is 0. The first-order chi connectivity index (χ1) is 18.4. The lowest BCUT2D eigenvalue weighted by atomic mass is 10.0. The topological polar surface area (TPSA) is 87.8 Å². The van der Waals surface area contributed by atoms with Crippen molar-refractivity contribution in [3.05, 3.63) is 55.7 Å². The standard InChI is InChI=1S/C28H30N4O4S2/c1-3-10-31-25(30-11-6-4-5-7-12-30)20(18(2)21(15-29)26(31)33)14-24-27(34)32(28(37)38-24)16-19-8-9-22-23(13-19)36-17-35-22/h8-9,13-14H,3-7,10-12,16-17H2,1-2H3/b24-14-. The summed E-state index contributed by atoms with van der Waals surface area (Å²) in [5, 5.41) is 9.87. The van der Waals surface area contributed by atoms with Gasteiger partial charge in [0.15, 0.2) is 11.5 Å². The number of benzene rings is 1. The molecular formula is C28H30N4O4S2. The zero-order valence-corrected chi connectivity index (χ0v) is 23.3. The second kappa shape index (κ2) is 11.2. The van der Waals surface area contributed by atoms with E-state index in [2.05, 4.69) is 11.0 Å². The van der Waals surface area contributed by atoms with Gasteiger partial charge in [0.2, 0.25) is 6.79 Å². The second-order valence-electron chi connectivity index (χ2n) is 9.66. The van der Waals surface area contributed by atoms with Gasteiger partial charge in [0.05, 0.1) is 11.4 Å². The number of carbonyl (C=O) groups excluding carboxylic acids is 1. The van der Waals surface area contributed by atoms with E-state index in [9.17, 15) is 14.9 Å². The van der Waals surface area contributed by atoms with E-state index in [1.807, 2.05) is 31.2 Å². The molecule has 3 aliphatic heterocycles. The van der Waals surface area contributed by atoms with E-state index in [1.54, 1.807) is 16.4 Å². The highest BCUT2D eigenvalue weighted by molar-refractivity contribution is 8.26. The summed E-state index contributed by atoms with van der Waals surface area (Å²) in [5.74, 6) is 1.95. The number of carbonyl (C=O) groups is 1. The van der Waals surface area contributed by atoms with E-state index >= 15 is 0 Å². The van der Waals surface area contributed by atoms with Gasteiger partial charge in [-0.1, -0.05) is 49.8 Å². The summed E-state index contributed by atoms with van der Waals surface area (Å²) in [6.45, 7) is 6.50. The molecule has 10 heteroatoms. The van der Waals surface area contributed by atoms with Gasteiger partial charge in [-0.3, -0.25) is 19.1 Å².